The molecule has 2 aromatic heterocycles. The molecule has 2 aromatic rings. The van der Waals surface area contributed by atoms with Crippen LogP contribution in [0.1, 0.15) is 30.3 Å². The number of aromatic nitrogens is 4. The third-order valence-corrected chi connectivity index (χ3v) is 4.87. The number of amides is 3. The first-order valence-electron chi connectivity index (χ1n) is 9.41. The first-order valence-corrected chi connectivity index (χ1v) is 9.41. The van der Waals surface area contributed by atoms with Crippen molar-refractivity contribution in [2.24, 2.45) is 12.8 Å². The lowest BCUT2D eigenvalue weighted by Crippen LogP contribution is -2.53. The highest BCUT2D eigenvalue weighted by atomic mass is 16.2. The van der Waals surface area contributed by atoms with Gasteiger partial charge in [-0.25, -0.2) is 14.8 Å². The van der Waals surface area contributed by atoms with Crippen LogP contribution in [0, 0.1) is 0 Å². The molecule has 1 aliphatic rings. The number of anilines is 3. The monoisotopic (exact) mass is 401 g/mol. The first-order chi connectivity index (χ1) is 13.7. The lowest BCUT2D eigenvalue weighted by Gasteiger charge is -2.39. The number of piperidine rings is 1. The largest absolute Gasteiger partial charge is 0.364 e. The average Bonchev–Trinajstić information content (AvgIpc) is 3.07. The van der Waals surface area contributed by atoms with Gasteiger partial charge in [-0.15, -0.1) is 0 Å². The fraction of sp³-hybridized carbons (Fsp3) is 0.500. The van der Waals surface area contributed by atoms with E-state index in [1.807, 2.05) is 0 Å². The summed E-state index contributed by atoms with van der Waals surface area (Å²) in [7, 11) is 5.21. The van der Waals surface area contributed by atoms with Crippen molar-refractivity contribution in [3.63, 3.8) is 0 Å². The standard InChI is InChI=1S/C18H27N9O2/c1-11-5-6-12(23-18(29)25(2)3)10-27(11)14-8-20-15(16(19)28)17(24-14)22-13-7-21-26(4)9-13/h7-9,11-12H,5-6,10H2,1-4H3,(H2,19,28)(H,22,24)(H,23,29)/t11-,12+/m0/s1. The number of nitrogens with zero attached hydrogens (tertiary/aromatic N) is 6. The van der Waals surface area contributed by atoms with E-state index in [9.17, 15) is 9.59 Å². The van der Waals surface area contributed by atoms with E-state index < -0.39 is 5.91 Å². The molecule has 4 N–H and O–H groups in total. The highest BCUT2D eigenvalue weighted by Crippen LogP contribution is 2.26. The molecule has 0 aliphatic carbocycles. The van der Waals surface area contributed by atoms with E-state index in [-0.39, 0.29) is 29.6 Å². The zero-order valence-corrected chi connectivity index (χ0v) is 17.1. The second-order valence-electron chi connectivity index (χ2n) is 7.44. The van der Waals surface area contributed by atoms with E-state index in [0.29, 0.717) is 18.1 Å². The normalized spacial score (nSPS) is 19.0. The van der Waals surface area contributed by atoms with Crippen molar-refractivity contribution >= 4 is 29.3 Å². The van der Waals surface area contributed by atoms with Gasteiger partial charge in [-0.1, -0.05) is 0 Å². The number of primary amides is 1. The Kier molecular flexibility index (Phi) is 5.85. The molecule has 1 fully saturated rings. The van der Waals surface area contributed by atoms with Gasteiger partial charge in [-0.2, -0.15) is 5.10 Å². The number of aryl methyl sites for hydroxylation is 1. The van der Waals surface area contributed by atoms with Crippen LogP contribution in [0.15, 0.2) is 18.6 Å². The SMILES string of the molecule is C[C@H]1CC[C@@H](NC(=O)N(C)C)CN1c1cnc(C(N)=O)c(Nc2cnn(C)c2)n1. The van der Waals surface area contributed by atoms with Crippen molar-refractivity contribution in [3.8, 4) is 0 Å². The fourth-order valence-corrected chi connectivity index (χ4v) is 3.26. The molecule has 1 aliphatic heterocycles. The zero-order valence-electron chi connectivity index (χ0n) is 17.1. The van der Waals surface area contributed by atoms with Crippen LogP contribution in [0.2, 0.25) is 0 Å². The molecular weight excluding hydrogens is 374 g/mol. The second kappa shape index (κ2) is 8.33. The van der Waals surface area contributed by atoms with Gasteiger partial charge >= 0.3 is 6.03 Å². The number of nitrogens with two attached hydrogens (primary N) is 1. The summed E-state index contributed by atoms with van der Waals surface area (Å²) in [6, 6.07) is 0.0783. The van der Waals surface area contributed by atoms with Crippen molar-refractivity contribution in [2.45, 2.75) is 31.8 Å². The maximum absolute atomic E-state index is 12.0. The Labute approximate surface area is 169 Å². The van der Waals surface area contributed by atoms with Crippen LogP contribution in [-0.2, 0) is 7.05 Å². The van der Waals surface area contributed by atoms with Crippen LogP contribution in [-0.4, -0.2) is 69.3 Å². The van der Waals surface area contributed by atoms with Crippen molar-refractivity contribution in [2.75, 3.05) is 30.9 Å². The predicted molar refractivity (Wildman–Crippen MR) is 109 cm³/mol. The Morgan fingerprint density at radius 2 is 2.03 bits per heavy atom. The minimum atomic E-state index is -0.668. The van der Waals surface area contributed by atoms with Crippen molar-refractivity contribution in [1.82, 2.24) is 30.0 Å². The molecule has 0 saturated carbocycles. The minimum absolute atomic E-state index is 0.00607. The van der Waals surface area contributed by atoms with Crippen LogP contribution in [0.5, 0.6) is 0 Å². The fourth-order valence-electron chi connectivity index (χ4n) is 3.26. The summed E-state index contributed by atoms with van der Waals surface area (Å²) >= 11 is 0. The molecule has 156 valence electrons. The Morgan fingerprint density at radius 1 is 1.28 bits per heavy atom. The van der Waals surface area contributed by atoms with E-state index >= 15 is 0 Å². The highest BCUT2D eigenvalue weighted by molar-refractivity contribution is 5.96. The highest BCUT2D eigenvalue weighted by Gasteiger charge is 2.29. The lowest BCUT2D eigenvalue weighted by molar-refractivity contribution is 0.0996. The number of carbonyl (C=O) groups is 2. The molecule has 0 radical (unpaired) electrons. The Morgan fingerprint density at radius 3 is 2.66 bits per heavy atom. The Bertz CT molecular complexity index is 895. The van der Waals surface area contributed by atoms with Gasteiger partial charge in [0.1, 0.15) is 5.82 Å². The maximum Gasteiger partial charge on any atom is 0.317 e. The van der Waals surface area contributed by atoms with E-state index in [2.05, 4.69) is 37.5 Å². The molecule has 29 heavy (non-hydrogen) atoms. The third kappa shape index (κ3) is 4.73. The summed E-state index contributed by atoms with van der Waals surface area (Å²) in [5.74, 6) is 0.214. The Balaban J connectivity index is 1.85. The van der Waals surface area contributed by atoms with Gasteiger partial charge < -0.3 is 26.2 Å². The van der Waals surface area contributed by atoms with Gasteiger partial charge in [0.05, 0.1) is 18.1 Å². The summed E-state index contributed by atoms with van der Waals surface area (Å²) in [6.45, 7) is 2.69. The van der Waals surface area contributed by atoms with Gasteiger partial charge in [0.2, 0.25) is 0 Å². The van der Waals surface area contributed by atoms with Gasteiger partial charge in [0, 0.05) is 46.0 Å². The van der Waals surface area contributed by atoms with Gasteiger partial charge in [-0.05, 0) is 19.8 Å². The van der Waals surface area contributed by atoms with Crippen LogP contribution in [0.4, 0.5) is 22.1 Å². The Hall–Kier alpha value is -3.37. The van der Waals surface area contributed by atoms with Gasteiger partial charge in [0.25, 0.3) is 5.91 Å². The molecule has 3 heterocycles. The number of carbonyl (C=O) groups excluding carboxylic acids is 2. The van der Waals surface area contributed by atoms with E-state index in [4.69, 9.17) is 5.73 Å². The number of rotatable bonds is 5. The van der Waals surface area contributed by atoms with Crippen molar-refractivity contribution in [1.29, 1.82) is 0 Å². The first kappa shape index (κ1) is 20.4. The maximum atomic E-state index is 12.0. The van der Waals surface area contributed by atoms with E-state index in [0.717, 1.165) is 12.8 Å². The summed E-state index contributed by atoms with van der Waals surface area (Å²) in [6.07, 6.45) is 6.69. The smallest absolute Gasteiger partial charge is 0.317 e. The zero-order chi connectivity index (χ0) is 21.1. The summed E-state index contributed by atoms with van der Waals surface area (Å²) in [5.41, 5.74) is 6.19. The molecule has 3 rings (SSSR count). The third-order valence-electron chi connectivity index (χ3n) is 4.87. The summed E-state index contributed by atoms with van der Waals surface area (Å²) < 4.78 is 1.63. The summed E-state index contributed by atoms with van der Waals surface area (Å²) in [4.78, 5) is 36.3. The quantitative estimate of drug-likeness (QED) is 0.671. The van der Waals surface area contributed by atoms with Crippen LogP contribution < -0.4 is 21.3 Å². The number of hydrogen-bond acceptors (Lipinski definition) is 7. The minimum Gasteiger partial charge on any atom is -0.364 e. The number of nitrogens with one attached hydrogen (secondary N) is 2. The molecule has 0 unspecified atom stereocenters. The van der Waals surface area contributed by atoms with Crippen LogP contribution >= 0.6 is 0 Å². The second-order valence-corrected chi connectivity index (χ2v) is 7.44. The topological polar surface area (TPSA) is 134 Å². The summed E-state index contributed by atoms with van der Waals surface area (Å²) in [5, 5.41) is 10.2. The molecule has 1 saturated heterocycles. The van der Waals surface area contributed by atoms with Gasteiger partial charge in [0.15, 0.2) is 11.5 Å². The van der Waals surface area contributed by atoms with Crippen LogP contribution in [0.25, 0.3) is 0 Å². The predicted octanol–water partition coefficient (Wildman–Crippen LogP) is 0.681. The van der Waals surface area contributed by atoms with E-state index in [1.165, 1.54) is 4.90 Å². The van der Waals surface area contributed by atoms with Gasteiger partial charge in [-0.3, -0.25) is 9.48 Å². The van der Waals surface area contributed by atoms with Crippen molar-refractivity contribution in [3.05, 3.63) is 24.3 Å². The molecular formula is C18H27N9O2. The molecule has 0 spiro atoms. The van der Waals surface area contributed by atoms with E-state index in [1.54, 1.807) is 44.4 Å². The molecule has 0 bridgehead atoms. The lowest BCUT2D eigenvalue weighted by atomic mass is 9.99. The number of urea groups is 1. The molecule has 11 nitrogen and oxygen atoms in total. The number of hydrogen-bond donors (Lipinski definition) is 3. The molecule has 3 amide bonds. The molecule has 11 heteroatoms. The molecule has 0 aromatic carbocycles. The van der Waals surface area contributed by atoms with Crippen LogP contribution in [0.3, 0.4) is 0 Å². The van der Waals surface area contributed by atoms with Crippen molar-refractivity contribution < 1.29 is 9.59 Å². The average molecular weight is 401 g/mol. The molecule has 2 atom stereocenters.